The standard InChI is InChI=1S/C18H16N4O2/c1-11(2)22-15-8-7-12(9-14(15)20-21-22)18-19-10-17(24-18)13-5-3-4-6-16(13)23/h3-11,23H,1-2H3. The average Bonchev–Trinajstić information content (AvgIpc) is 3.21. The van der Waals surface area contributed by atoms with Gasteiger partial charge in [-0.1, -0.05) is 17.3 Å². The molecule has 4 rings (SSSR count). The summed E-state index contributed by atoms with van der Waals surface area (Å²) >= 11 is 0. The van der Waals surface area contributed by atoms with Gasteiger partial charge in [0.25, 0.3) is 0 Å². The number of para-hydroxylation sites is 1. The van der Waals surface area contributed by atoms with Crippen molar-refractivity contribution in [3.05, 3.63) is 48.7 Å². The van der Waals surface area contributed by atoms with Crippen LogP contribution in [0.1, 0.15) is 19.9 Å². The van der Waals surface area contributed by atoms with Crippen LogP contribution in [0, 0.1) is 0 Å². The van der Waals surface area contributed by atoms with Gasteiger partial charge in [0.2, 0.25) is 5.89 Å². The van der Waals surface area contributed by atoms with Gasteiger partial charge in [-0.05, 0) is 44.2 Å². The summed E-state index contributed by atoms with van der Waals surface area (Å²) in [6.45, 7) is 4.13. The second kappa shape index (κ2) is 5.49. The average molecular weight is 320 g/mol. The highest BCUT2D eigenvalue weighted by atomic mass is 16.4. The van der Waals surface area contributed by atoms with Crippen LogP contribution in [0.25, 0.3) is 33.8 Å². The summed E-state index contributed by atoms with van der Waals surface area (Å²) in [5, 5.41) is 18.3. The largest absolute Gasteiger partial charge is 0.507 e. The first kappa shape index (κ1) is 14.4. The van der Waals surface area contributed by atoms with E-state index in [-0.39, 0.29) is 11.8 Å². The molecular weight excluding hydrogens is 304 g/mol. The summed E-state index contributed by atoms with van der Waals surface area (Å²) in [7, 11) is 0. The normalized spacial score (nSPS) is 11.5. The van der Waals surface area contributed by atoms with Gasteiger partial charge in [-0.15, -0.1) is 5.10 Å². The Morgan fingerprint density at radius 1 is 1.12 bits per heavy atom. The molecule has 0 atom stereocenters. The number of aromatic hydroxyl groups is 1. The number of fused-ring (bicyclic) bond motifs is 1. The smallest absolute Gasteiger partial charge is 0.226 e. The molecule has 0 saturated heterocycles. The van der Waals surface area contributed by atoms with E-state index in [1.165, 1.54) is 0 Å². The second-order valence-corrected chi connectivity index (χ2v) is 5.88. The molecule has 0 aliphatic carbocycles. The van der Waals surface area contributed by atoms with Gasteiger partial charge in [0.05, 0.1) is 17.3 Å². The van der Waals surface area contributed by atoms with Crippen molar-refractivity contribution < 1.29 is 9.52 Å². The quantitative estimate of drug-likeness (QED) is 0.616. The van der Waals surface area contributed by atoms with Gasteiger partial charge in [0, 0.05) is 11.6 Å². The van der Waals surface area contributed by atoms with E-state index in [9.17, 15) is 5.11 Å². The Hall–Kier alpha value is -3.15. The molecule has 24 heavy (non-hydrogen) atoms. The lowest BCUT2D eigenvalue weighted by Gasteiger charge is -2.05. The minimum absolute atomic E-state index is 0.163. The van der Waals surface area contributed by atoms with Crippen molar-refractivity contribution in [3.8, 4) is 28.5 Å². The zero-order valence-corrected chi connectivity index (χ0v) is 13.3. The van der Waals surface area contributed by atoms with Gasteiger partial charge in [0.1, 0.15) is 11.3 Å². The Balaban J connectivity index is 1.75. The summed E-state index contributed by atoms with van der Waals surface area (Å²) in [5.74, 6) is 1.17. The van der Waals surface area contributed by atoms with Gasteiger partial charge >= 0.3 is 0 Å². The fourth-order valence-electron chi connectivity index (χ4n) is 2.67. The summed E-state index contributed by atoms with van der Waals surface area (Å²) in [5.41, 5.74) is 3.20. The predicted molar refractivity (Wildman–Crippen MR) is 90.5 cm³/mol. The van der Waals surface area contributed by atoms with Crippen LogP contribution < -0.4 is 0 Å². The third-order valence-electron chi connectivity index (χ3n) is 3.88. The first-order chi connectivity index (χ1) is 11.6. The Labute approximate surface area is 138 Å². The zero-order chi connectivity index (χ0) is 16.7. The van der Waals surface area contributed by atoms with Gasteiger partial charge in [0.15, 0.2) is 5.76 Å². The van der Waals surface area contributed by atoms with Crippen LogP contribution >= 0.6 is 0 Å². The molecule has 0 aliphatic rings. The molecule has 6 nitrogen and oxygen atoms in total. The fourth-order valence-corrected chi connectivity index (χ4v) is 2.67. The number of aromatic nitrogens is 4. The molecule has 0 radical (unpaired) electrons. The lowest BCUT2D eigenvalue weighted by molar-refractivity contribution is 0.474. The molecule has 0 fully saturated rings. The third kappa shape index (κ3) is 2.32. The molecular formula is C18H16N4O2. The van der Waals surface area contributed by atoms with Crippen LogP contribution in [-0.2, 0) is 0 Å². The predicted octanol–water partition coefficient (Wildman–Crippen LogP) is 4.04. The van der Waals surface area contributed by atoms with Crippen LogP contribution in [0.4, 0.5) is 0 Å². The van der Waals surface area contributed by atoms with E-state index < -0.39 is 0 Å². The molecule has 0 spiro atoms. The molecule has 0 amide bonds. The first-order valence-electron chi connectivity index (χ1n) is 7.73. The number of hydrogen-bond donors (Lipinski definition) is 1. The molecule has 1 N–H and O–H groups in total. The Bertz CT molecular complexity index is 1020. The maximum absolute atomic E-state index is 9.93. The SMILES string of the molecule is CC(C)n1nnc2cc(-c3ncc(-c4ccccc4O)o3)ccc21. The minimum Gasteiger partial charge on any atom is -0.507 e. The highest BCUT2D eigenvalue weighted by Gasteiger charge is 2.14. The third-order valence-corrected chi connectivity index (χ3v) is 3.88. The van der Waals surface area contributed by atoms with E-state index in [1.807, 2.05) is 28.9 Å². The molecule has 2 aromatic heterocycles. The maximum Gasteiger partial charge on any atom is 0.226 e. The molecule has 6 heteroatoms. The number of hydrogen-bond acceptors (Lipinski definition) is 5. The Kier molecular flexibility index (Phi) is 3.30. The Morgan fingerprint density at radius 3 is 2.75 bits per heavy atom. The van der Waals surface area contributed by atoms with Crippen molar-refractivity contribution in [3.63, 3.8) is 0 Å². The first-order valence-corrected chi connectivity index (χ1v) is 7.73. The molecule has 2 aromatic carbocycles. The number of oxazole rings is 1. The van der Waals surface area contributed by atoms with E-state index in [0.29, 0.717) is 17.2 Å². The van der Waals surface area contributed by atoms with Crippen molar-refractivity contribution in [2.24, 2.45) is 0 Å². The molecule has 0 aliphatic heterocycles. The maximum atomic E-state index is 9.93. The van der Waals surface area contributed by atoms with Gasteiger partial charge in [-0.25, -0.2) is 9.67 Å². The number of nitrogens with zero attached hydrogens (tertiary/aromatic N) is 4. The lowest BCUT2D eigenvalue weighted by Crippen LogP contribution is -2.02. The lowest BCUT2D eigenvalue weighted by atomic mass is 10.1. The zero-order valence-electron chi connectivity index (χ0n) is 13.3. The van der Waals surface area contributed by atoms with Crippen LogP contribution in [0.5, 0.6) is 5.75 Å². The van der Waals surface area contributed by atoms with Crippen molar-refractivity contribution >= 4 is 11.0 Å². The minimum atomic E-state index is 0.163. The van der Waals surface area contributed by atoms with E-state index in [1.54, 1.807) is 24.4 Å². The Morgan fingerprint density at radius 2 is 1.96 bits per heavy atom. The van der Waals surface area contributed by atoms with E-state index in [0.717, 1.165) is 16.6 Å². The van der Waals surface area contributed by atoms with Crippen molar-refractivity contribution in [2.75, 3.05) is 0 Å². The molecule has 2 heterocycles. The highest BCUT2D eigenvalue weighted by molar-refractivity contribution is 5.80. The molecule has 0 unspecified atom stereocenters. The summed E-state index contributed by atoms with van der Waals surface area (Å²) in [4.78, 5) is 4.32. The summed E-state index contributed by atoms with van der Waals surface area (Å²) in [6, 6.07) is 13.1. The number of benzene rings is 2. The van der Waals surface area contributed by atoms with Crippen molar-refractivity contribution in [2.45, 2.75) is 19.9 Å². The fraction of sp³-hybridized carbons (Fsp3) is 0.167. The summed E-state index contributed by atoms with van der Waals surface area (Å²) in [6.07, 6.45) is 1.61. The summed E-state index contributed by atoms with van der Waals surface area (Å²) < 4.78 is 7.69. The number of rotatable bonds is 3. The molecule has 4 aromatic rings. The molecule has 120 valence electrons. The molecule has 0 bridgehead atoms. The van der Waals surface area contributed by atoms with Crippen molar-refractivity contribution in [1.82, 2.24) is 20.0 Å². The van der Waals surface area contributed by atoms with E-state index in [2.05, 4.69) is 29.1 Å². The van der Waals surface area contributed by atoms with Gasteiger partial charge in [-0.3, -0.25) is 0 Å². The second-order valence-electron chi connectivity index (χ2n) is 5.88. The number of phenols is 1. The van der Waals surface area contributed by atoms with Crippen LogP contribution in [0.3, 0.4) is 0 Å². The van der Waals surface area contributed by atoms with Gasteiger partial charge < -0.3 is 9.52 Å². The van der Waals surface area contributed by atoms with Crippen LogP contribution in [-0.4, -0.2) is 25.1 Å². The van der Waals surface area contributed by atoms with E-state index >= 15 is 0 Å². The monoisotopic (exact) mass is 320 g/mol. The topological polar surface area (TPSA) is 77.0 Å². The van der Waals surface area contributed by atoms with E-state index in [4.69, 9.17) is 4.42 Å². The van der Waals surface area contributed by atoms with Crippen LogP contribution in [0.15, 0.2) is 53.1 Å². The van der Waals surface area contributed by atoms with Crippen LogP contribution in [0.2, 0.25) is 0 Å². The number of phenolic OH excluding ortho intramolecular Hbond substituents is 1. The van der Waals surface area contributed by atoms with Crippen molar-refractivity contribution in [1.29, 1.82) is 0 Å². The molecule has 0 saturated carbocycles. The highest BCUT2D eigenvalue weighted by Crippen LogP contribution is 2.32. The van der Waals surface area contributed by atoms with Gasteiger partial charge in [-0.2, -0.15) is 0 Å².